The molecule has 1 aliphatic rings. The van der Waals surface area contributed by atoms with Crippen LogP contribution in [0.25, 0.3) is 0 Å². The summed E-state index contributed by atoms with van der Waals surface area (Å²) >= 11 is 0. The molecule has 1 N–H and O–H groups in total. The van der Waals surface area contributed by atoms with Crippen LogP contribution in [-0.4, -0.2) is 44.7 Å². The summed E-state index contributed by atoms with van der Waals surface area (Å²) in [5.41, 5.74) is 0.390. The third-order valence-electron chi connectivity index (χ3n) is 3.49. The molecule has 1 amide bonds. The summed E-state index contributed by atoms with van der Waals surface area (Å²) in [7, 11) is 0. The van der Waals surface area contributed by atoms with Gasteiger partial charge in [0, 0.05) is 19.2 Å². The number of nitrogens with one attached hydrogen (secondary N) is 1. The van der Waals surface area contributed by atoms with Gasteiger partial charge in [0.05, 0.1) is 18.3 Å². The van der Waals surface area contributed by atoms with Crippen molar-refractivity contribution in [2.75, 3.05) is 26.4 Å². The van der Waals surface area contributed by atoms with E-state index in [4.69, 9.17) is 14.2 Å². The average Bonchev–Trinajstić information content (AvgIpc) is 3.09. The molecule has 23 heavy (non-hydrogen) atoms. The summed E-state index contributed by atoms with van der Waals surface area (Å²) < 4.78 is 16.4. The zero-order valence-corrected chi connectivity index (χ0v) is 13.4. The van der Waals surface area contributed by atoms with E-state index in [0.29, 0.717) is 36.5 Å². The molecule has 6 nitrogen and oxygen atoms in total. The molecule has 6 heteroatoms. The van der Waals surface area contributed by atoms with Gasteiger partial charge in [-0.05, 0) is 31.4 Å². The zero-order valence-electron chi connectivity index (χ0n) is 13.4. The van der Waals surface area contributed by atoms with E-state index in [9.17, 15) is 9.59 Å². The Morgan fingerprint density at radius 1 is 1.43 bits per heavy atom. The molecule has 0 radical (unpaired) electrons. The number of hydrogen-bond acceptors (Lipinski definition) is 5. The summed E-state index contributed by atoms with van der Waals surface area (Å²) in [6, 6.07) is 4.97. The Bertz CT molecular complexity index is 526. The number of aldehydes is 1. The van der Waals surface area contributed by atoms with Crippen molar-refractivity contribution in [1.29, 1.82) is 0 Å². The SMILES string of the molecule is CCCOc1ccc(C=O)c(OCC(=O)NC[C@H]2CCCO2)c1. The van der Waals surface area contributed by atoms with Gasteiger partial charge in [0.2, 0.25) is 0 Å². The second-order valence-corrected chi connectivity index (χ2v) is 5.39. The molecule has 1 fully saturated rings. The molecule has 2 rings (SSSR count). The Balaban J connectivity index is 1.84. The maximum absolute atomic E-state index is 11.8. The van der Waals surface area contributed by atoms with E-state index < -0.39 is 0 Å². The van der Waals surface area contributed by atoms with Crippen molar-refractivity contribution in [2.24, 2.45) is 0 Å². The van der Waals surface area contributed by atoms with Gasteiger partial charge in [0.1, 0.15) is 11.5 Å². The van der Waals surface area contributed by atoms with E-state index >= 15 is 0 Å². The first-order valence-corrected chi connectivity index (χ1v) is 7.96. The van der Waals surface area contributed by atoms with Crippen molar-refractivity contribution in [3.8, 4) is 11.5 Å². The lowest BCUT2D eigenvalue weighted by Crippen LogP contribution is -2.35. The van der Waals surface area contributed by atoms with Crippen molar-refractivity contribution in [3.63, 3.8) is 0 Å². The van der Waals surface area contributed by atoms with Crippen molar-refractivity contribution in [3.05, 3.63) is 23.8 Å². The second kappa shape index (κ2) is 9.15. The minimum atomic E-state index is -0.239. The molecule has 0 spiro atoms. The molecule has 1 heterocycles. The number of carbonyl (C=O) groups is 2. The molecule has 126 valence electrons. The lowest BCUT2D eigenvalue weighted by molar-refractivity contribution is -0.123. The fourth-order valence-electron chi connectivity index (χ4n) is 2.27. The number of amides is 1. The normalized spacial score (nSPS) is 16.8. The van der Waals surface area contributed by atoms with E-state index in [-0.39, 0.29) is 18.6 Å². The van der Waals surface area contributed by atoms with Gasteiger partial charge in [-0.15, -0.1) is 0 Å². The van der Waals surface area contributed by atoms with Crippen LogP contribution in [0.5, 0.6) is 11.5 Å². The molecule has 0 saturated carbocycles. The Morgan fingerprint density at radius 3 is 3.00 bits per heavy atom. The van der Waals surface area contributed by atoms with E-state index in [2.05, 4.69) is 5.32 Å². The molecule has 1 saturated heterocycles. The topological polar surface area (TPSA) is 73.9 Å². The lowest BCUT2D eigenvalue weighted by atomic mass is 10.2. The monoisotopic (exact) mass is 321 g/mol. The van der Waals surface area contributed by atoms with Gasteiger partial charge in [0.25, 0.3) is 5.91 Å². The third kappa shape index (κ3) is 5.56. The molecule has 0 bridgehead atoms. The van der Waals surface area contributed by atoms with Crippen LogP contribution in [0, 0.1) is 0 Å². The highest BCUT2D eigenvalue weighted by Crippen LogP contribution is 2.24. The Morgan fingerprint density at radius 2 is 2.30 bits per heavy atom. The Labute approximate surface area is 136 Å². The third-order valence-corrected chi connectivity index (χ3v) is 3.49. The smallest absolute Gasteiger partial charge is 0.258 e. The van der Waals surface area contributed by atoms with E-state index in [1.165, 1.54) is 0 Å². The van der Waals surface area contributed by atoms with Crippen molar-refractivity contribution in [1.82, 2.24) is 5.32 Å². The van der Waals surface area contributed by atoms with E-state index in [1.54, 1.807) is 18.2 Å². The maximum Gasteiger partial charge on any atom is 0.258 e. The van der Waals surface area contributed by atoms with Gasteiger partial charge in [0.15, 0.2) is 12.9 Å². The van der Waals surface area contributed by atoms with Gasteiger partial charge < -0.3 is 19.5 Å². The summed E-state index contributed by atoms with van der Waals surface area (Å²) in [6.07, 6.45) is 3.67. The minimum Gasteiger partial charge on any atom is -0.493 e. The quantitative estimate of drug-likeness (QED) is 0.704. The zero-order chi connectivity index (χ0) is 16.5. The van der Waals surface area contributed by atoms with Crippen LogP contribution in [0.15, 0.2) is 18.2 Å². The van der Waals surface area contributed by atoms with Gasteiger partial charge in [-0.25, -0.2) is 0 Å². The molecular formula is C17H23NO5. The van der Waals surface area contributed by atoms with Crippen LogP contribution >= 0.6 is 0 Å². The minimum absolute atomic E-state index is 0.0928. The van der Waals surface area contributed by atoms with Crippen LogP contribution in [-0.2, 0) is 9.53 Å². The van der Waals surface area contributed by atoms with Crippen LogP contribution in [0.1, 0.15) is 36.5 Å². The Kier molecular flexibility index (Phi) is 6.87. The maximum atomic E-state index is 11.8. The second-order valence-electron chi connectivity index (χ2n) is 5.39. The molecule has 1 aliphatic heterocycles. The van der Waals surface area contributed by atoms with Gasteiger partial charge in [-0.1, -0.05) is 6.92 Å². The molecule has 1 aromatic rings. The van der Waals surface area contributed by atoms with Gasteiger partial charge >= 0.3 is 0 Å². The number of carbonyl (C=O) groups excluding carboxylic acids is 2. The summed E-state index contributed by atoms with van der Waals surface area (Å²) in [6.45, 7) is 3.69. The average molecular weight is 321 g/mol. The highest BCUT2D eigenvalue weighted by atomic mass is 16.5. The Hall–Kier alpha value is -2.08. The predicted molar refractivity (Wildman–Crippen MR) is 85.1 cm³/mol. The first-order valence-electron chi connectivity index (χ1n) is 7.96. The summed E-state index contributed by atoms with van der Waals surface area (Å²) in [5, 5.41) is 2.77. The van der Waals surface area contributed by atoms with E-state index in [1.807, 2.05) is 6.92 Å². The van der Waals surface area contributed by atoms with Crippen LogP contribution in [0.2, 0.25) is 0 Å². The summed E-state index contributed by atoms with van der Waals surface area (Å²) in [5.74, 6) is 0.727. The number of benzene rings is 1. The first kappa shape index (κ1) is 17.3. The molecule has 0 unspecified atom stereocenters. The highest BCUT2D eigenvalue weighted by Gasteiger charge is 2.16. The molecular weight excluding hydrogens is 298 g/mol. The largest absolute Gasteiger partial charge is 0.493 e. The van der Waals surface area contributed by atoms with Gasteiger partial charge in [-0.2, -0.15) is 0 Å². The van der Waals surface area contributed by atoms with Crippen molar-refractivity contribution in [2.45, 2.75) is 32.3 Å². The fourth-order valence-corrected chi connectivity index (χ4v) is 2.27. The van der Waals surface area contributed by atoms with Crippen LogP contribution < -0.4 is 14.8 Å². The number of ether oxygens (including phenoxy) is 3. The number of hydrogen-bond donors (Lipinski definition) is 1. The highest BCUT2D eigenvalue weighted by molar-refractivity contribution is 5.81. The molecule has 0 aromatic heterocycles. The van der Waals surface area contributed by atoms with Crippen molar-refractivity contribution < 1.29 is 23.8 Å². The standard InChI is InChI=1S/C17H23NO5/c1-2-7-21-14-6-5-13(11-19)16(9-14)23-12-17(20)18-10-15-4-3-8-22-15/h5-6,9,11,15H,2-4,7-8,10,12H2,1H3,(H,18,20)/t15-/m1/s1. The van der Waals surface area contributed by atoms with Crippen molar-refractivity contribution >= 4 is 12.2 Å². The van der Waals surface area contributed by atoms with Crippen LogP contribution in [0.3, 0.4) is 0 Å². The first-order chi connectivity index (χ1) is 11.2. The molecule has 1 aromatic carbocycles. The van der Waals surface area contributed by atoms with Crippen LogP contribution in [0.4, 0.5) is 0 Å². The summed E-state index contributed by atoms with van der Waals surface area (Å²) in [4.78, 5) is 22.9. The molecule has 0 aliphatic carbocycles. The fraction of sp³-hybridized carbons (Fsp3) is 0.529. The number of rotatable bonds is 9. The predicted octanol–water partition coefficient (Wildman–Crippen LogP) is 1.96. The lowest BCUT2D eigenvalue weighted by Gasteiger charge is -2.13. The van der Waals surface area contributed by atoms with Gasteiger partial charge in [-0.3, -0.25) is 9.59 Å². The molecule has 1 atom stereocenters. The van der Waals surface area contributed by atoms with E-state index in [0.717, 1.165) is 25.9 Å².